The van der Waals surface area contributed by atoms with Crippen molar-refractivity contribution in [2.24, 2.45) is 7.05 Å². The average molecular weight is 270 g/mol. The molecule has 0 spiro atoms. The van der Waals surface area contributed by atoms with Crippen molar-refractivity contribution in [2.45, 2.75) is 32.2 Å². The van der Waals surface area contributed by atoms with Crippen molar-refractivity contribution < 1.29 is 4.92 Å². The van der Waals surface area contributed by atoms with Crippen LogP contribution in [-0.2, 0) is 13.5 Å². The minimum Gasteiger partial charge on any atom is -0.361 e. The summed E-state index contributed by atoms with van der Waals surface area (Å²) >= 11 is 1.89. The van der Waals surface area contributed by atoms with Crippen molar-refractivity contribution in [1.82, 2.24) is 9.78 Å². The maximum absolute atomic E-state index is 11.2. The lowest BCUT2D eigenvalue weighted by atomic mass is 10.2. The molecule has 1 unspecified atom stereocenters. The topological polar surface area (TPSA) is 73.0 Å². The second kappa shape index (κ2) is 5.60. The number of nitrogens with zero attached hydrogens (tertiary/aromatic N) is 3. The Morgan fingerprint density at radius 1 is 1.67 bits per heavy atom. The average Bonchev–Trinajstić information content (AvgIpc) is 2.67. The third kappa shape index (κ3) is 2.60. The molecule has 18 heavy (non-hydrogen) atoms. The number of hydrogen-bond acceptors (Lipinski definition) is 5. The molecule has 0 aliphatic carbocycles. The Hall–Kier alpha value is -1.24. The number of nitrogens with one attached hydrogen (secondary N) is 1. The molecule has 6 nitrogen and oxygen atoms in total. The molecule has 2 heterocycles. The van der Waals surface area contributed by atoms with Crippen molar-refractivity contribution in [1.29, 1.82) is 0 Å². The molecule has 1 atom stereocenters. The highest BCUT2D eigenvalue weighted by Crippen LogP contribution is 2.30. The van der Waals surface area contributed by atoms with Crippen LogP contribution in [0.15, 0.2) is 0 Å². The molecule has 0 radical (unpaired) electrons. The summed E-state index contributed by atoms with van der Waals surface area (Å²) in [6, 6.07) is 0.308. The third-order valence-electron chi connectivity index (χ3n) is 3.11. The fourth-order valence-corrected chi connectivity index (χ4v) is 3.28. The van der Waals surface area contributed by atoms with E-state index in [0.717, 1.165) is 18.6 Å². The fraction of sp³-hybridized carbons (Fsp3) is 0.727. The van der Waals surface area contributed by atoms with Gasteiger partial charge in [-0.1, -0.05) is 6.92 Å². The first-order chi connectivity index (χ1) is 8.63. The van der Waals surface area contributed by atoms with Gasteiger partial charge in [0.2, 0.25) is 5.82 Å². The normalized spacial score (nSPS) is 19.8. The molecular weight excluding hydrogens is 252 g/mol. The summed E-state index contributed by atoms with van der Waals surface area (Å²) in [7, 11) is 1.75. The van der Waals surface area contributed by atoms with Crippen LogP contribution in [0.3, 0.4) is 0 Å². The Kier molecular flexibility index (Phi) is 4.11. The van der Waals surface area contributed by atoms with E-state index in [0.29, 0.717) is 24.0 Å². The Labute approximate surface area is 110 Å². The van der Waals surface area contributed by atoms with E-state index in [4.69, 9.17) is 0 Å². The largest absolute Gasteiger partial charge is 0.361 e. The van der Waals surface area contributed by atoms with E-state index in [1.165, 1.54) is 5.75 Å². The third-order valence-corrected chi connectivity index (χ3v) is 4.33. The molecular formula is C11H18N4O2S. The van der Waals surface area contributed by atoms with Gasteiger partial charge in [0.15, 0.2) is 0 Å². The van der Waals surface area contributed by atoms with Crippen LogP contribution < -0.4 is 5.32 Å². The van der Waals surface area contributed by atoms with Gasteiger partial charge in [-0.15, -0.1) is 0 Å². The zero-order chi connectivity index (χ0) is 13.1. The van der Waals surface area contributed by atoms with Gasteiger partial charge in [-0.2, -0.15) is 16.9 Å². The molecule has 1 aliphatic heterocycles. The van der Waals surface area contributed by atoms with Crippen LogP contribution in [0.4, 0.5) is 11.5 Å². The number of anilines is 1. The van der Waals surface area contributed by atoms with Crippen molar-refractivity contribution in [3.8, 4) is 0 Å². The lowest BCUT2D eigenvalue weighted by molar-refractivity contribution is -0.384. The van der Waals surface area contributed by atoms with Gasteiger partial charge in [0.05, 0.1) is 4.92 Å². The van der Waals surface area contributed by atoms with Gasteiger partial charge in [-0.3, -0.25) is 10.1 Å². The number of aryl methyl sites for hydroxylation is 2. The number of rotatable bonds is 4. The van der Waals surface area contributed by atoms with Crippen LogP contribution in [0.25, 0.3) is 0 Å². The Bertz CT molecular complexity index is 440. The van der Waals surface area contributed by atoms with E-state index in [1.807, 2.05) is 18.7 Å². The summed E-state index contributed by atoms with van der Waals surface area (Å²) in [6.07, 6.45) is 2.80. The monoisotopic (exact) mass is 270 g/mol. The van der Waals surface area contributed by atoms with Gasteiger partial charge in [-0.25, -0.2) is 4.68 Å². The summed E-state index contributed by atoms with van der Waals surface area (Å²) < 4.78 is 1.59. The quantitative estimate of drug-likeness (QED) is 0.670. The van der Waals surface area contributed by atoms with Gasteiger partial charge in [0.25, 0.3) is 0 Å². The van der Waals surface area contributed by atoms with Crippen molar-refractivity contribution >= 4 is 23.3 Å². The fourth-order valence-electron chi connectivity index (χ4n) is 2.21. The van der Waals surface area contributed by atoms with Gasteiger partial charge in [-0.05, 0) is 25.0 Å². The zero-order valence-electron chi connectivity index (χ0n) is 10.7. The molecule has 1 aromatic heterocycles. The summed E-state index contributed by atoms with van der Waals surface area (Å²) in [6.45, 7) is 1.88. The van der Waals surface area contributed by atoms with Crippen LogP contribution in [0.2, 0.25) is 0 Å². The standard InChI is InChI=1S/C11H18N4O2S/c1-3-9-10(15(16)17)11(14(2)13-9)12-8-5-4-6-18-7-8/h8,12H,3-7H2,1-2H3. The molecule has 1 saturated heterocycles. The van der Waals surface area contributed by atoms with Crippen LogP contribution in [0.5, 0.6) is 0 Å². The molecule has 2 rings (SSSR count). The van der Waals surface area contributed by atoms with E-state index in [1.54, 1.807) is 11.7 Å². The zero-order valence-corrected chi connectivity index (χ0v) is 11.5. The molecule has 1 N–H and O–H groups in total. The van der Waals surface area contributed by atoms with Crippen LogP contribution in [0, 0.1) is 10.1 Å². The number of thioether (sulfide) groups is 1. The first-order valence-electron chi connectivity index (χ1n) is 6.18. The molecule has 0 amide bonds. The van der Waals surface area contributed by atoms with E-state index in [-0.39, 0.29) is 10.6 Å². The number of hydrogen-bond donors (Lipinski definition) is 1. The molecule has 1 aromatic rings. The molecule has 1 fully saturated rings. The van der Waals surface area contributed by atoms with E-state index >= 15 is 0 Å². The summed E-state index contributed by atoms with van der Waals surface area (Å²) in [5.41, 5.74) is 0.684. The lowest BCUT2D eigenvalue weighted by Crippen LogP contribution is -2.27. The molecule has 100 valence electrons. The van der Waals surface area contributed by atoms with Crippen molar-refractivity contribution in [2.75, 3.05) is 16.8 Å². The second-order valence-corrected chi connectivity index (χ2v) is 5.59. The predicted molar refractivity (Wildman–Crippen MR) is 73.2 cm³/mol. The maximum Gasteiger partial charge on any atom is 0.333 e. The molecule has 1 aliphatic rings. The lowest BCUT2D eigenvalue weighted by Gasteiger charge is -2.22. The molecule has 0 saturated carbocycles. The van der Waals surface area contributed by atoms with E-state index in [9.17, 15) is 10.1 Å². The van der Waals surface area contributed by atoms with Crippen molar-refractivity contribution in [3.05, 3.63) is 15.8 Å². The highest BCUT2D eigenvalue weighted by atomic mass is 32.2. The Balaban J connectivity index is 2.25. The summed E-state index contributed by atoms with van der Waals surface area (Å²) in [4.78, 5) is 10.8. The first-order valence-corrected chi connectivity index (χ1v) is 7.33. The minimum absolute atomic E-state index is 0.135. The van der Waals surface area contributed by atoms with E-state index in [2.05, 4.69) is 10.4 Å². The summed E-state index contributed by atoms with van der Waals surface area (Å²) in [5, 5.41) is 18.7. The van der Waals surface area contributed by atoms with Gasteiger partial charge in [0, 0.05) is 18.8 Å². The van der Waals surface area contributed by atoms with Crippen LogP contribution in [-0.4, -0.2) is 32.3 Å². The Morgan fingerprint density at radius 2 is 2.44 bits per heavy atom. The van der Waals surface area contributed by atoms with Gasteiger partial charge in [0.1, 0.15) is 5.69 Å². The van der Waals surface area contributed by atoms with Crippen LogP contribution >= 0.6 is 11.8 Å². The number of aromatic nitrogens is 2. The highest BCUT2D eigenvalue weighted by Gasteiger charge is 2.27. The minimum atomic E-state index is -0.329. The molecule has 0 aromatic carbocycles. The first kappa shape index (κ1) is 13.2. The second-order valence-electron chi connectivity index (χ2n) is 4.44. The Morgan fingerprint density at radius 3 is 3.00 bits per heavy atom. The van der Waals surface area contributed by atoms with Gasteiger partial charge < -0.3 is 5.32 Å². The smallest absolute Gasteiger partial charge is 0.333 e. The predicted octanol–water partition coefficient (Wildman–Crippen LogP) is 2.20. The van der Waals surface area contributed by atoms with E-state index < -0.39 is 0 Å². The SMILES string of the molecule is CCc1nn(C)c(NC2CCCSC2)c1[N+](=O)[O-]. The summed E-state index contributed by atoms with van der Waals surface area (Å²) in [5.74, 6) is 2.74. The highest BCUT2D eigenvalue weighted by molar-refractivity contribution is 7.99. The maximum atomic E-state index is 11.2. The van der Waals surface area contributed by atoms with Crippen molar-refractivity contribution in [3.63, 3.8) is 0 Å². The number of nitro groups is 1. The van der Waals surface area contributed by atoms with Crippen LogP contribution in [0.1, 0.15) is 25.5 Å². The molecule has 0 bridgehead atoms. The van der Waals surface area contributed by atoms with Gasteiger partial charge >= 0.3 is 5.69 Å². The molecule has 7 heteroatoms.